The molecule has 0 aliphatic heterocycles. The number of unbranched alkanes of at least 4 members (excludes halogenated alkanes) is 11. The maximum absolute atomic E-state index is 12.4. The third-order valence-electron chi connectivity index (χ3n) is 6.55. The highest BCUT2D eigenvalue weighted by Gasteiger charge is 2.25. The molecule has 0 saturated carbocycles. The van der Waals surface area contributed by atoms with E-state index in [4.69, 9.17) is 24.3 Å². The lowest BCUT2D eigenvalue weighted by Gasteiger charge is -2.19. The van der Waals surface area contributed by atoms with Crippen LogP contribution >= 0.6 is 7.82 Å². The lowest BCUT2D eigenvalue weighted by atomic mass is 10.1. The van der Waals surface area contributed by atoms with Crippen LogP contribution in [-0.2, 0) is 32.7 Å². The normalized spacial score (nSPS) is 14.3. The molecule has 0 saturated heterocycles. The van der Waals surface area contributed by atoms with Crippen LogP contribution in [0.15, 0.2) is 60.8 Å². The van der Waals surface area contributed by atoms with Crippen molar-refractivity contribution < 1.29 is 37.6 Å². The van der Waals surface area contributed by atoms with Gasteiger partial charge in [-0.15, -0.1) is 0 Å². The molecule has 2 unspecified atom stereocenters. The number of allylic oxidation sites excluding steroid dienone is 10. The van der Waals surface area contributed by atoms with Crippen molar-refractivity contribution in [3.63, 3.8) is 0 Å². The maximum Gasteiger partial charge on any atom is 0.472 e. The molecule has 0 rings (SSSR count). The molecule has 0 radical (unpaired) electrons. The summed E-state index contributed by atoms with van der Waals surface area (Å²) >= 11 is 0. The number of carbonyl (C=O) groups is 2. The first-order valence-electron chi connectivity index (χ1n) is 16.8. The van der Waals surface area contributed by atoms with Crippen molar-refractivity contribution in [3.8, 4) is 0 Å². The second-order valence-electron chi connectivity index (χ2n) is 10.8. The van der Waals surface area contributed by atoms with Crippen LogP contribution in [0.1, 0.15) is 117 Å². The molecule has 0 heterocycles. The highest BCUT2D eigenvalue weighted by molar-refractivity contribution is 7.47. The van der Waals surface area contributed by atoms with E-state index in [1.807, 2.05) is 54.7 Å². The summed E-state index contributed by atoms with van der Waals surface area (Å²) in [6.45, 7) is 3.45. The summed E-state index contributed by atoms with van der Waals surface area (Å²) in [6.07, 6.45) is 34.1. The molecule has 258 valence electrons. The van der Waals surface area contributed by atoms with Crippen LogP contribution in [0.25, 0.3) is 0 Å². The van der Waals surface area contributed by atoms with E-state index in [9.17, 15) is 19.0 Å². The summed E-state index contributed by atoms with van der Waals surface area (Å²) in [5.74, 6) is -0.924. The van der Waals surface area contributed by atoms with Gasteiger partial charge in [-0.1, -0.05) is 139 Å². The van der Waals surface area contributed by atoms with Crippen molar-refractivity contribution in [1.82, 2.24) is 0 Å². The Morgan fingerprint density at radius 1 is 0.689 bits per heavy atom. The summed E-state index contributed by atoms with van der Waals surface area (Å²) in [4.78, 5) is 34.5. The number of nitrogens with two attached hydrogens (primary N) is 1. The zero-order chi connectivity index (χ0) is 33.3. The number of hydrogen-bond donors (Lipinski definition) is 2. The monoisotopic (exact) mass is 653 g/mol. The minimum Gasteiger partial charge on any atom is -0.462 e. The van der Waals surface area contributed by atoms with E-state index in [1.165, 1.54) is 51.4 Å². The fraction of sp³-hybridized carbons (Fsp3) is 0.657. The molecule has 0 bridgehead atoms. The molecule has 0 aromatic rings. The first-order valence-corrected chi connectivity index (χ1v) is 18.3. The van der Waals surface area contributed by atoms with E-state index >= 15 is 0 Å². The van der Waals surface area contributed by atoms with Gasteiger partial charge >= 0.3 is 19.8 Å². The second-order valence-corrected chi connectivity index (χ2v) is 12.2. The molecule has 0 spiro atoms. The lowest BCUT2D eigenvalue weighted by Crippen LogP contribution is -2.29. The molecular formula is C35H60NO8P. The molecule has 0 aromatic heterocycles. The molecular weight excluding hydrogens is 593 g/mol. The van der Waals surface area contributed by atoms with Crippen LogP contribution in [0.4, 0.5) is 0 Å². The quantitative estimate of drug-likeness (QED) is 0.0338. The Labute approximate surface area is 272 Å². The van der Waals surface area contributed by atoms with Crippen molar-refractivity contribution in [2.45, 2.75) is 123 Å². The Morgan fingerprint density at radius 3 is 1.80 bits per heavy atom. The van der Waals surface area contributed by atoms with Crippen LogP contribution in [-0.4, -0.2) is 49.3 Å². The van der Waals surface area contributed by atoms with Gasteiger partial charge in [-0.25, -0.2) is 4.57 Å². The number of hydrogen-bond acceptors (Lipinski definition) is 8. The van der Waals surface area contributed by atoms with Gasteiger partial charge in [0.2, 0.25) is 0 Å². The largest absolute Gasteiger partial charge is 0.472 e. The Morgan fingerprint density at radius 2 is 1.22 bits per heavy atom. The molecule has 0 aliphatic carbocycles. The first kappa shape index (κ1) is 42.7. The average molecular weight is 654 g/mol. The van der Waals surface area contributed by atoms with Gasteiger partial charge in [0, 0.05) is 19.4 Å². The Balaban J connectivity index is 4.45. The summed E-state index contributed by atoms with van der Waals surface area (Å²) < 4.78 is 32.4. The van der Waals surface area contributed by atoms with Gasteiger partial charge in [-0.3, -0.25) is 18.6 Å². The summed E-state index contributed by atoms with van der Waals surface area (Å²) in [6, 6.07) is 0. The predicted octanol–water partition coefficient (Wildman–Crippen LogP) is 8.60. The van der Waals surface area contributed by atoms with Crippen LogP contribution in [0.3, 0.4) is 0 Å². The Bertz CT molecular complexity index is 929. The molecule has 2 atom stereocenters. The molecule has 0 aliphatic rings. The lowest BCUT2D eigenvalue weighted by molar-refractivity contribution is -0.161. The molecule has 0 aromatic carbocycles. The molecule has 10 heteroatoms. The van der Waals surface area contributed by atoms with Crippen molar-refractivity contribution in [3.05, 3.63) is 60.8 Å². The number of phosphoric ester groups is 1. The molecule has 9 nitrogen and oxygen atoms in total. The highest BCUT2D eigenvalue weighted by Crippen LogP contribution is 2.43. The Hall–Kier alpha value is -2.29. The van der Waals surface area contributed by atoms with Gasteiger partial charge in [0.25, 0.3) is 0 Å². The van der Waals surface area contributed by atoms with Gasteiger partial charge in [-0.2, -0.15) is 0 Å². The van der Waals surface area contributed by atoms with Gasteiger partial charge < -0.3 is 20.1 Å². The summed E-state index contributed by atoms with van der Waals surface area (Å²) in [5, 5.41) is 0. The summed E-state index contributed by atoms with van der Waals surface area (Å²) in [7, 11) is -4.38. The van der Waals surface area contributed by atoms with Crippen molar-refractivity contribution in [1.29, 1.82) is 0 Å². The van der Waals surface area contributed by atoms with Gasteiger partial charge in [0.1, 0.15) is 6.61 Å². The summed E-state index contributed by atoms with van der Waals surface area (Å²) in [5.41, 5.74) is 5.31. The maximum atomic E-state index is 12.4. The van der Waals surface area contributed by atoms with Crippen LogP contribution in [0.5, 0.6) is 0 Å². The number of esters is 2. The molecule has 45 heavy (non-hydrogen) atoms. The van der Waals surface area contributed by atoms with Crippen LogP contribution < -0.4 is 5.73 Å². The zero-order valence-corrected chi connectivity index (χ0v) is 28.7. The third kappa shape index (κ3) is 31.5. The first-order chi connectivity index (χ1) is 21.8. The van der Waals surface area contributed by atoms with Crippen molar-refractivity contribution in [2.75, 3.05) is 26.4 Å². The van der Waals surface area contributed by atoms with E-state index in [0.29, 0.717) is 12.8 Å². The minimum absolute atomic E-state index is 0.0399. The number of carbonyl (C=O) groups excluding carboxylic acids is 2. The third-order valence-corrected chi connectivity index (χ3v) is 7.53. The average Bonchev–Trinajstić information content (AvgIpc) is 3.02. The van der Waals surface area contributed by atoms with Gasteiger partial charge in [0.05, 0.1) is 13.2 Å². The van der Waals surface area contributed by atoms with E-state index in [2.05, 4.69) is 19.9 Å². The van der Waals surface area contributed by atoms with Gasteiger partial charge in [0.15, 0.2) is 6.10 Å². The number of ether oxygens (including phenoxy) is 2. The van der Waals surface area contributed by atoms with Crippen molar-refractivity contribution >= 4 is 19.8 Å². The van der Waals surface area contributed by atoms with Crippen molar-refractivity contribution in [2.24, 2.45) is 5.73 Å². The highest BCUT2D eigenvalue weighted by atomic mass is 31.2. The smallest absolute Gasteiger partial charge is 0.462 e. The zero-order valence-electron chi connectivity index (χ0n) is 27.8. The van der Waals surface area contributed by atoms with E-state index in [0.717, 1.165) is 25.7 Å². The van der Waals surface area contributed by atoms with E-state index in [1.54, 1.807) is 0 Å². The van der Waals surface area contributed by atoms with E-state index in [-0.39, 0.29) is 32.6 Å². The number of rotatable bonds is 30. The molecule has 0 fully saturated rings. The second kappa shape index (κ2) is 31.7. The number of phosphoric acid groups is 1. The van der Waals surface area contributed by atoms with Crippen LogP contribution in [0.2, 0.25) is 0 Å². The van der Waals surface area contributed by atoms with E-state index < -0.39 is 32.5 Å². The SMILES string of the molecule is CC/C=C/C=C/C=C/C=C/C=C/CCCC(=O)OC(COC(=O)CCCCCCCCCCCCC)COP(=O)(O)OCCN. The predicted molar refractivity (Wildman–Crippen MR) is 183 cm³/mol. The molecule has 0 amide bonds. The Kier molecular flexibility index (Phi) is 30.1. The fourth-order valence-corrected chi connectivity index (χ4v) is 4.84. The van der Waals surface area contributed by atoms with Gasteiger partial charge in [-0.05, 0) is 25.7 Å². The molecule has 3 N–H and O–H groups in total. The minimum atomic E-state index is -4.38. The fourth-order valence-electron chi connectivity index (χ4n) is 4.07. The van der Waals surface area contributed by atoms with Crippen LogP contribution in [0, 0.1) is 0 Å². The topological polar surface area (TPSA) is 134 Å². The standard InChI is InChI=1S/C35H60NO8P/c1-3-5-7-9-11-13-15-16-18-20-22-24-26-28-35(38)44-33(32-43-45(39,40)42-30-29-36)31-41-34(37)27-25-23-21-19-17-14-12-10-8-6-4-2/h5,7,9,11,13,15-16,18,20,22,33H,3-4,6,8,10,12,14,17,19,21,23-32,36H2,1-2H3,(H,39,40)/b7-5+,11-9+,15-13+,18-16+,22-20+.